The molecule has 0 radical (unpaired) electrons. The fourth-order valence-electron chi connectivity index (χ4n) is 1.79. The Balaban J connectivity index is 1.83. The predicted molar refractivity (Wildman–Crippen MR) is 63.1 cm³/mol. The molecular weight excluding hydrogens is 234 g/mol. The number of nitrogens with zero attached hydrogens (tertiary/aromatic N) is 4. The van der Waals surface area contributed by atoms with Crippen LogP contribution in [-0.4, -0.2) is 40.0 Å². The number of urea groups is 1. The van der Waals surface area contributed by atoms with Crippen LogP contribution in [0.25, 0.3) is 0 Å². The molecule has 0 saturated heterocycles. The van der Waals surface area contributed by atoms with Gasteiger partial charge in [-0.2, -0.15) is 4.99 Å². The summed E-state index contributed by atoms with van der Waals surface area (Å²) in [5.41, 5.74) is 0.851. The number of amidine groups is 1. The van der Waals surface area contributed by atoms with Crippen LogP contribution in [0.5, 0.6) is 0 Å². The molecule has 0 atom stereocenters. The minimum atomic E-state index is -0.545. The minimum Gasteiger partial charge on any atom is -0.312 e. The number of amides is 3. The standard InChI is InChI=1S/C11H9N5O2/c17-10-8-9(15-11(18)14-8)13-6-16(10)5-7-3-1-2-4-12-7/h1-4H,5-6H2,(H,13,15,18). The summed E-state index contributed by atoms with van der Waals surface area (Å²) in [5, 5.41) is 2.41. The molecule has 7 heteroatoms. The number of pyridine rings is 1. The molecule has 0 aromatic carbocycles. The van der Waals surface area contributed by atoms with Gasteiger partial charge in [0.05, 0.1) is 12.2 Å². The molecule has 0 fully saturated rings. The molecule has 0 aliphatic carbocycles. The van der Waals surface area contributed by atoms with Crippen LogP contribution in [0.3, 0.4) is 0 Å². The van der Waals surface area contributed by atoms with Crippen molar-refractivity contribution in [2.45, 2.75) is 6.54 Å². The molecule has 1 aromatic heterocycles. The molecule has 0 spiro atoms. The summed E-state index contributed by atoms with van der Waals surface area (Å²) in [6, 6.07) is 4.94. The van der Waals surface area contributed by atoms with Gasteiger partial charge in [0.25, 0.3) is 5.91 Å². The third kappa shape index (κ3) is 1.75. The van der Waals surface area contributed by atoms with Crippen LogP contribution in [0.1, 0.15) is 5.69 Å². The van der Waals surface area contributed by atoms with Crippen molar-refractivity contribution in [3.05, 3.63) is 30.1 Å². The van der Waals surface area contributed by atoms with E-state index in [1.54, 1.807) is 12.3 Å². The quantitative estimate of drug-likeness (QED) is 0.789. The Morgan fingerprint density at radius 3 is 3.00 bits per heavy atom. The fraction of sp³-hybridized carbons (Fsp3) is 0.182. The van der Waals surface area contributed by atoms with Gasteiger partial charge in [-0.05, 0) is 12.1 Å². The molecule has 1 N–H and O–H groups in total. The van der Waals surface area contributed by atoms with E-state index < -0.39 is 6.03 Å². The molecule has 3 amide bonds. The summed E-state index contributed by atoms with van der Waals surface area (Å²) < 4.78 is 0. The molecule has 2 aliphatic heterocycles. The Morgan fingerprint density at radius 1 is 1.33 bits per heavy atom. The largest absolute Gasteiger partial charge is 0.347 e. The lowest BCUT2D eigenvalue weighted by molar-refractivity contribution is -0.124. The number of carbonyl (C=O) groups is 2. The van der Waals surface area contributed by atoms with E-state index in [0.29, 0.717) is 6.54 Å². The SMILES string of the molecule is O=C1N=C2C(=O)N(Cc3ccccn3)CN=C2N1. The molecule has 2 aliphatic rings. The van der Waals surface area contributed by atoms with Gasteiger partial charge in [0.15, 0.2) is 11.5 Å². The van der Waals surface area contributed by atoms with Crippen molar-refractivity contribution < 1.29 is 9.59 Å². The maximum atomic E-state index is 12.1. The van der Waals surface area contributed by atoms with Crippen LogP contribution < -0.4 is 5.32 Å². The van der Waals surface area contributed by atoms with Gasteiger partial charge < -0.3 is 4.90 Å². The summed E-state index contributed by atoms with van der Waals surface area (Å²) >= 11 is 0. The highest BCUT2D eigenvalue weighted by molar-refractivity contribution is 6.70. The van der Waals surface area contributed by atoms with E-state index in [9.17, 15) is 9.59 Å². The fourth-order valence-corrected chi connectivity index (χ4v) is 1.79. The van der Waals surface area contributed by atoms with E-state index in [0.717, 1.165) is 5.69 Å². The Morgan fingerprint density at radius 2 is 2.22 bits per heavy atom. The van der Waals surface area contributed by atoms with Crippen molar-refractivity contribution in [2.24, 2.45) is 9.98 Å². The van der Waals surface area contributed by atoms with Gasteiger partial charge >= 0.3 is 6.03 Å². The summed E-state index contributed by atoms with van der Waals surface area (Å²) in [6.07, 6.45) is 1.66. The molecule has 7 nitrogen and oxygen atoms in total. The van der Waals surface area contributed by atoms with Crippen LogP contribution in [0, 0.1) is 0 Å². The van der Waals surface area contributed by atoms with Crippen LogP contribution in [0.2, 0.25) is 0 Å². The number of hydrogen-bond donors (Lipinski definition) is 1. The van der Waals surface area contributed by atoms with Gasteiger partial charge in [-0.1, -0.05) is 6.07 Å². The van der Waals surface area contributed by atoms with E-state index in [4.69, 9.17) is 0 Å². The average molecular weight is 243 g/mol. The van der Waals surface area contributed by atoms with Crippen molar-refractivity contribution in [1.29, 1.82) is 0 Å². The average Bonchev–Trinajstić information content (AvgIpc) is 2.76. The number of rotatable bonds is 2. The van der Waals surface area contributed by atoms with Crippen molar-refractivity contribution in [2.75, 3.05) is 6.67 Å². The maximum absolute atomic E-state index is 12.1. The lowest BCUT2D eigenvalue weighted by atomic mass is 10.2. The van der Waals surface area contributed by atoms with Crippen LogP contribution in [0.4, 0.5) is 4.79 Å². The molecule has 90 valence electrons. The van der Waals surface area contributed by atoms with Crippen molar-refractivity contribution in [3.63, 3.8) is 0 Å². The number of hydrogen-bond acceptors (Lipinski definition) is 4. The first-order valence-corrected chi connectivity index (χ1v) is 5.38. The molecule has 3 rings (SSSR count). The van der Waals surface area contributed by atoms with Crippen LogP contribution in [0.15, 0.2) is 34.4 Å². The van der Waals surface area contributed by atoms with Crippen molar-refractivity contribution in [1.82, 2.24) is 15.2 Å². The second-order valence-electron chi connectivity index (χ2n) is 3.86. The highest BCUT2D eigenvalue weighted by Crippen LogP contribution is 2.10. The zero-order valence-corrected chi connectivity index (χ0v) is 9.33. The number of nitrogens with one attached hydrogen (secondary N) is 1. The molecule has 0 bridgehead atoms. The van der Waals surface area contributed by atoms with E-state index in [1.807, 2.05) is 12.1 Å². The topological polar surface area (TPSA) is 87.0 Å². The molecular formula is C11H9N5O2. The van der Waals surface area contributed by atoms with E-state index in [2.05, 4.69) is 20.3 Å². The molecule has 1 aromatic rings. The molecule has 18 heavy (non-hydrogen) atoms. The lowest BCUT2D eigenvalue weighted by Crippen LogP contribution is -2.45. The van der Waals surface area contributed by atoms with Crippen LogP contribution in [-0.2, 0) is 11.3 Å². The van der Waals surface area contributed by atoms with Crippen LogP contribution >= 0.6 is 0 Å². The van der Waals surface area contributed by atoms with E-state index in [1.165, 1.54) is 4.90 Å². The number of aromatic nitrogens is 1. The molecule has 0 unspecified atom stereocenters. The predicted octanol–water partition coefficient (Wildman–Crippen LogP) is -0.0560. The highest BCUT2D eigenvalue weighted by atomic mass is 16.2. The van der Waals surface area contributed by atoms with Gasteiger partial charge in [-0.15, -0.1) is 0 Å². The third-order valence-electron chi connectivity index (χ3n) is 2.63. The van der Waals surface area contributed by atoms with E-state index in [-0.39, 0.29) is 24.1 Å². The van der Waals surface area contributed by atoms with Crippen molar-refractivity contribution >= 4 is 23.5 Å². The maximum Gasteiger partial charge on any atom is 0.347 e. The first-order chi connectivity index (χ1) is 8.74. The Labute approximate surface area is 102 Å². The van der Waals surface area contributed by atoms with Gasteiger partial charge in [0.1, 0.15) is 6.67 Å². The first-order valence-electron chi connectivity index (χ1n) is 5.38. The van der Waals surface area contributed by atoms with E-state index >= 15 is 0 Å². The zero-order chi connectivity index (χ0) is 12.5. The van der Waals surface area contributed by atoms with Gasteiger partial charge in [-0.25, -0.2) is 9.79 Å². The van der Waals surface area contributed by atoms with Gasteiger partial charge in [0.2, 0.25) is 0 Å². The number of aliphatic imine (C=N–C) groups is 2. The summed E-state index contributed by atoms with van der Waals surface area (Å²) in [7, 11) is 0. The monoisotopic (exact) mass is 243 g/mol. The number of carbonyl (C=O) groups excluding carboxylic acids is 2. The lowest BCUT2D eigenvalue weighted by Gasteiger charge is -2.23. The molecule has 0 saturated carbocycles. The Bertz CT molecular complexity index is 578. The smallest absolute Gasteiger partial charge is 0.312 e. The second kappa shape index (κ2) is 4.02. The normalized spacial score (nSPS) is 18.1. The van der Waals surface area contributed by atoms with Gasteiger partial charge in [0, 0.05) is 6.20 Å². The first kappa shape index (κ1) is 10.6. The highest BCUT2D eigenvalue weighted by Gasteiger charge is 2.34. The van der Waals surface area contributed by atoms with Crippen molar-refractivity contribution in [3.8, 4) is 0 Å². The van der Waals surface area contributed by atoms with Gasteiger partial charge in [-0.3, -0.25) is 15.1 Å². The minimum absolute atomic E-state index is 0.0854. The second-order valence-corrected chi connectivity index (χ2v) is 3.86. The Kier molecular flexibility index (Phi) is 2.36. The molecule has 3 heterocycles. The summed E-state index contributed by atoms with van der Waals surface area (Å²) in [4.78, 5) is 36.5. The third-order valence-corrected chi connectivity index (χ3v) is 2.63. The Hall–Kier alpha value is -2.57. The zero-order valence-electron chi connectivity index (χ0n) is 9.33. The summed E-state index contributed by atoms with van der Waals surface area (Å²) in [5.74, 6) is -0.0359. The number of fused-ring (bicyclic) bond motifs is 1. The summed E-state index contributed by atoms with van der Waals surface area (Å²) in [6.45, 7) is 0.549.